The molecule has 0 aliphatic carbocycles. The van der Waals surface area contributed by atoms with Crippen LogP contribution in [0.3, 0.4) is 0 Å². The first-order valence-corrected chi connectivity index (χ1v) is 6.06. The van der Waals surface area contributed by atoms with Crippen molar-refractivity contribution < 1.29 is 9.26 Å². The predicted octanol–water partition coefficient (Wildman–Crippen LogP) is 2.29. The van der Waals surface area contributed by atoms with Gasteiger partial charge in [-0.3, -0.25) is 0 Å². The third kappa shape index (κ3) is 3.07. The molecule has 2 N–H and O–H groups in total. The first kappa shape index (κ1) is 12.6. The van der Waals surface area contributed by atoms with Crippen LogP contribution in [0.5, 0.6) is 0 Å². The Labute approximate surface area is 106 Å². The van der Waals surface area contributed by atoms with Gasteiger partial charge in [-0.15, -0.1) is 0 Å². The number of ether oxygens (including phenoxy) is 1. The monoisotopic (exact) mass is 247 g/mol. The molecular formula is C13H17N3O2. The van der Waals surface area contributed by atoms with E-state index in [2.05, 4.69) is 10.1 Å². The van der Waals surface area contributed by atoms with Gasteiger partial charge in [0.2, 0.25) is 11.7 Å². The molecule has 0 saturated carbocycles. The van der Waals surface area contributed by atoms with Crippen molar-refractivity contribution in [2.24, 2.45) is 0 Å². The highest BCUT2D eigenvalue weighted by atomic mass is 16.5. The topological polar surface area (TPSA) is 74.2 Å². The summed E-state index contributed by atoms with van der Waals surface area (Å²) in [6.07, 6.45) is 1.60. The zero-order chi connectivity index (χ0) is 12.8. The largest absolute Gasteiger partial charge is 0.398 e. The van der Waals surface area contributed by atoms with Gasteiger partial charge in [0.05, 0.1) is 0 Å². The van der Waals surface area contributed by atoms with Crippen LogP contribution < -0.4 is 5.73 Å². The highest BCUT2D eigenvalue weighted by Crippen LogP contribution is 2.22. The molecule has 5 heteroatoms. The van der Waals surface area contributed by atoms with Crippen LogP contribution in [0.25, 0.3) is 11.4 Å². The second kappa shape index (κ2) is 6.16. The van der Waals surface area contributed by atoms with Gasteiger partial charge in [0.15, 0.2) is 0 Å². The van der Waals surface area contributed by atoms with Gasteiger partial charge < -0.3 is 15.0 Å². The van der Waals surface area contributed by atoms with E-state index in [1.165, 1.54) is 0 Å². The van der Waals surface area contributed by atoms with E-state index in [1.807, 2.05) is 31.2 Å². The standard InChI is InChI=1S/C13H17N3O2/c1-2-17-9-5-8-12-15-13(16-18-12)10-6-3-4-7-11(10)14/h3-4,6-7H,2,5,8-9,14H2,1H3. The lowest BCUT2D eigenvalue weighted by molar-refractivity contribution is 0.143. The molecule has 0 bridgehead atoms. The molecule has 1 aromatic carbocycles. The zero-order valence-corrected chi connectivity index (χ0v) is 10.4. The third-order valence-electron chi connectivity index (χ3n) is 2.55. The predicted molar refractivity (Wildman–Crippen MR) is 69.0 cm³/mol. The van der Waals surface area contributed by atoms with Crippen LogP contribution in [0.2, 0.25) is 0 Å². The molecule has 0 aliphatic rings. The van der Waals surface area contributed by atoms with Gasteiger partial charge in [-0.1, -0.05) is 17.3 Å². The zero-order valence-electron chi connectivity index (χ0n) is 10.4. The van der Waals surface area contributed by atoms with Crippen molar-refractivity contribution in [2.45, 2.75) is 19.8 Å². The molecule has 96 valence electrons. The molecule has 0 atom stereocenters. The van der Waals surface area contributed by atoms with Gasteiger partial charge in [0.1, 0.15) is 0 Å². The van der Waals surface area contributed by atoms with E-state index >= 15 is 0 Å². The Morgan fingerprint density at radius 2 is 2.17 bits per heavy atom. The van der Waals surface area contributed by atoms with Crippen LogP contribution in [0.1, 0.15) is 19.2 Å². The minimum absolute atomic E-state index is 0.541. The van der Waals surface area contributed by atoms with Gasteiger partial charge in [-0.2, -0.15) is 4.98 Å². The fourth-order valence-electron chi connectivity index (χ4n) is 1.64. The second-order valence-corrected chi connectivity index (χ2v) is 3.90. The summed E-state index contributed by atoms with van der Waals surface area (Å²) in [5.41, 5.74) is 7.31. The Morgan fingerprint density at radius 3 is 2.94 bits per heavy atom. The number of hydrogen-bond donors (Lipinski definition) is 1. The van der Waals surface area contributed by atoms with Crippen molar-refractivity contribution in [3.8, 4) is 11.4 Å². The first-order valence-electron chi connectivity index (χ1n) is 6.06. The molecule has 0 fully saturated rings. The summed E-state index contributed by atoms with van der Waals surface area (Å²) in [6, 6.07) is 7.48. The molecular weight excluding hydrogens is 230 g/mol. The summed E-state index contributed by atoms with van der Waals surface area (Å²) in [5.74, 6) is 1.16. The van der Waals surface area contributed by atoms with Crippen molar-refractivity contribution in [1.82, 2.24) is 10.1 Å². The molecule has 1 aromatic heterocycles. The van der Waals surface area contributed by atoms with Crippen molar-refractivity contribution in [3.05, 3.63) is 30.2 Å². The van der Waals surface area contributed by atoms with Gasteiger partial charge >= 0.3 is 0 Å². The Bertz CT molecular complexity index is 496. The van der Waals surface area contributed by atoms with E-state index in [9.17, 15) is 0 Å². The Kier molecular flexibility index (Phi) is 4.30. The lowest BCUT2D eigenvalue weighted by Gasteiger charge is -1.98. The lowest BCUT2D eigenvalue weighted by atomic mass is 10.2. The molecule has 0 spiro atoms. The average molecular weight is 247 g/mol. The molecule has 2 rings (SSSR count). The maximum Gasteiger partial charge on any atom is 0.227 e. The second-order valence-electron chi connectivity index (χ2n) is 3.90. The molecule has 0 amide bonds. The maximum atomic E-state index is 5.86. The number of nitrogens with two attached hydrogens (primary N) is 1. The van der Waals surface area contributed by atoms with E-state index in [0.29, 0.717) is 24.0 Å². The fraction of sp³-hybridized carbons (Fsp3) is 0.385. The smallest absolute Gasteiger partial charge is 0.227 e. The van der Waals surface area contributed by atoms with Crippen molar-refractivity contribution in [1.29, 1.82) is 0 Å². The highest BCUT2D eigenvalue weighted by Gasteiger charge is 2.10. The van der Waals surface area contributed by atoms with E-state index in [0.717, 1.165) is 25.0 Å². The molecule has 5 nitrogen and oxygen atoms in total. The SMILES string of the molecule is CCOCCCc1nc(-c2ccccc2N)no1. The summed E-state index contributed by atoms with van der Waals surface area (Å²) in [6.45, 7) is 3.42. The quantitative estimate of drug-likeness (QED) is 0.626. The summed E-state index contributed by atoms with van der Waals surface area (Å²) in [7, 11) is 0. The lowest BCUT2D eigenvalue weighted by Crippen LogP contribution is -1.96. The van der Waals surface area contributed by atoms with Crippen LogP contribution in [-0.4, -0.2) is 23.4 Å². The number of nitrogen functional groups attached to an aromatic ring is 1. The van der Waals surface area contributed by atoms with Crippen LogP contribution in [0, 0.1) is 0 Å². The maximum absolute atomic E-state index is 5.86. The fourth-order valence-corrected chi connectivity index (χ4v) is 1.64. The summed E-state index contributed by atoms with van der Waals surface area (Å²) in [5, 5.41) is 3.94. The number of aryl methyl sites for hydroxylation is 1. The van der Waals surface area contributed by atoms with Crippen LogP contribution in [0.4, 0.5) is 5.69 Å². The number of aromatic nitrogens is 2. The Hall–Kier alpha value is -1.88. The molecule has 18 heavy (non-hydrogen) atoms. The van der Waals surface area contributed by atoms with Gasteiger partial charge in [-0.05, 0) is 25.5 Å². The molecule has 0 aliphatic heterocycles. The van der Waals surface area contributed by atoms with Crippen LogP contribution in [-0.2, 0) is 11.2 Å². The summed E-state index contributed by atoms with van der Waals surface area (Å²) in [4.78, 5) is 4.33. The molecule has 0 radical (unpaired) electrons. The number of nitrogens with zero attached hydrogens (tertiary/aromatic N) is 2. The molecule has 2 aromatic rings. The summed E-state index contributed by atoms with van der Waals surface area (Å²) >= 11 is 0. The van der Waals surface area contributed by atoms with E-state index in [-0.39, 0.29) is 0 Å². The number of benzene rings is 1. The van der Waals surface area contributed by atoms with Gasteiger partial charge in [-0.25, -0.2) is 0 Å². The van der Waals surface area contributed by atoms with Crippen LogP contribution in [0.15, 0.2) is 28.8 Å². The van der Waals surface area contributed by atoms with Gasteiger partial charge in [0, 0.05) is 30.9 Å². The molecule has 0 saturated heterocycles. The van der Waals surface area contributed by atoms with Gasteiger partial charge in [0.25, 0.3) is 0 Å². The Balaban J connectivity index is 2.00. The van der Waals surface area contributed by atoms with Crippen molar-refractivity contribution in [2.75, 3.05) is 18.9 Å². The average Bonchev–Trinajstić information content (AvgIpc) is 2.84. The first-order chi connectivity index (χ1) is 8.81. The molecule has 1 heterocycles. The minimum atomic E-state index is 0.541. The number of hydrogen-bond acceptors (Lipinski definition) is 5. The van der Waals surface area contributed by atoms with E-state index < -0.39 is 0 Å². The van der Waals surface area contributed by atoms with Crippen molar-refractivity contribution in [3.63, 3.8) is 0 Å². The molecule has 0 unspecified atom stereocenters. The normalized spacial score (nSPS) is 10.7. The number of para-hydroxylation sites is 1. The van der Waals surface area contributed by atoms with Crippen LogP contribution >= 0.6 is 0 Å². The van der Waals surface area contributed by atoms with E-state index in [4.69, 9.17) is 15.0 Å². The van der Waals surface area contributed by atoms with E-state index in [1.54, 1.807) is 0 Å². The summed E-state index contributed by atoms with van der Waals surface area (Å²) < 4.78 is 10.4. The highest BCUT2D eigenvalue weighted by molar-refractivity contribution is 5.70. The third-order valence-corrected chi connectivity index (χ3v) is 2.55. The Morgan fingerprint density at radius 1 is 1.33 bits per heavy atom. The number of rotatable bonds is 6. The number of anilines is 1. The minimum Gasteiger partial charge on any atom is -0.398 e. The van der Waals surface area contributed by atoms with Crippen molar-refractivity contribution >= 4 is 5.69 Å².